The summed E-state index contributed by atoms with van der Waals surface area (Å²) in [7, 11) is 0. The van der Waals surface area contributed by atoms with Gasteiger partial charge in [-0.05, 0) is 38.3 Å². The summed E-state index contributed by atoms with van der Waals surface area (Å²) in [5.74, 6) is 0.972. The van der Waals surface area contributed by atoms with Crippen molar-refractivity contribution in [1.29, 1.82) is 0 Å². The Morgan fingerprint density at radius 2 is 2.18 bits per heavy atom. The Labute approximate surface area is 70.6 Å². The molecular weight excluding hydrogens is 134 g/mol. The molecule has 11 heavy (non-hydrogen) atoms. The minimum absolute atomic E-state index is 0.972. The molecular formula is C10H21N. The molecule has 0 radical (unpaired) electrons. The zero-order valence-electron chi connectivity index (χ0n) is 7.73. The minimum atomic E-state index is 0.972. The first-order chi connectivity index (χ1) is 5.43. The summed E-state index contributed by atoms with van der Waals surface area (Å²) in [6.45, 7) is 4.81. The predicted molar refractivity (Wildman–Crippen MR) is 49.7 cm³/mol. The maximum Gasteiger partial charge on any atom is -0.00205 e. The fraction of sp³-hybridized carbons (Fsp3) is 1.00. The lowest BCUT2D eigenvalue weighted by Crippen LogP contribution is -2.25. The molecule has 0 aromatic rings. The Morgan fingerprint density at radius 1 is 1.27 bits per heavy atom. The molecule has 1 unspecified atom stereocenters. The second-order valence-corrected chi connectivity index (χ2v) is 3.71. The van der Waals surface area contributed by atoms with Crippen LogP contribution in [0.3, 0.4) is 0 Å². The third-order valence-electron chi connectivity index (χ3n) is 2.60. The first-order valence-electron chi connectivity index (χ1n) is 5.14. The van der Waals surface area contributed by atoms with Crippen LogP contribution in [0.2, 0.25) is 0 Å². The van der Waals surface area contributed by atoms with Gasteiger partial charge in [0.25, 0.3) is 0 Å². The summed E-state index contributed by atoms with van der Waals surface area (Å²) in [5, 5.41) is 3.52. The molecule has 0 aliphatic carbocycles. The van der Waals surface area contributed by atoms with Crippen LogP contribution in [-0.2, 0) is 0 Å². The van der Waals surface area contributed by atoms with Gasteiger partial charge in [-0.2, -0.15) is 0 Å². The van der Waals surface area contributed by atoms with Crippen molar-refractivity contribution in [2.45, 2.75) is 45.4 Å². The van der Waals surface area contributed by atoms with Gasteiger partial charge in [0.05, 0.1) is 0 Å². The molecule has 1 heterocycles. The molecule has 1 heteroatoms. The van der Waals surface area contributed by atoms with E-state index in [2.05, 4.69) is 12.2 Å². The molecule has 0 spiro atoms. The Hall–Kier alpha value is -0.0400. The van der Waals surface area contributed by atoms with Gasteiger partial charge in [-0.25, -0.2) is 0 Å². The van der Waals surface area contributed by atoms with Crippen molar-refractivity contribution in [2.24, 2.45) is 5.92 Å². The smallest absolute Gasteiger partial charge is 0.00205 e. The largest absolute Gasteiger partial charge is 0.316 e. The lowest BCUT2D eigenvalue weighted by molar-refractivity contribution is 0.372. The van der Waals surface area contributed by atoms with Crippen molar-refractivity contribution in [1.82, 2.24) is 5.32 Å². The van der Waals surface area contributed by atoms with Gasteiger partial charge in [0.15, 0.2) is 0 Å². The molecule has 0 amide bonds. The molecule has 1 atom stereocenters. The molecule has 66 valence electrons. The highest BCUT2D eigenvalue weighted by Crippen LogP contribution is 2.16. The van der Waals surface area contributed by atoms with E-state index in [-0.39, 0.29) is 0 Å². The molecule has 1 saturated heterocycles. The molecule has 1 aliphatic heterocycles. The molecule has 1 aliphatic rings. The van der Waals surface area contributed by atoms with Crippen molar-refractivity contribution in [2.75, 3.05) is 13.1 Å². The van der Waals surface area contributed by atoms with Gasteiger partial charge in [-0.3, -0.25) is 0 Å². The number of rotatable bonds is 2. The van der Waals surface area contributed by atoms with E-state index >= 15 is 0 Å². The zero-order chi connectivity index (χ0) is 7.94. The van der Waals surface area contributed by atoms with Crippen LogP contribution in [0.1, 0.15) is 45.4 Å². The highest BCUT2D eigenvalue weighted by molar-refractivity contribution is 4.65. The normalized spacial score (nSPS) is 27.5. The van der Waals surface area contributed by atoms with E-state index < -0.39 is 0 Å². The van der Waals surface area contributed by atoms with E-state index in [1.54, 1.807) is 0 Å². The first-order valence-corrected chi connectivity index (χ1v) is 5.14. The van der Waals surface area contributed by atoms with Gasteiger partial charge in [-0.15, -0.1) is 0 Å². The highest BCUT2D eigenvalue weighted by atomic mass is 14.9. The second kappa shape index (κ2) is 5.59. The average Bonchev–Trinajstić information content (AvgIpc) is 1.94. The third-order valence-corrected chi connectivity index (χ3v) is 2.60. The number of hydrogen-bond donors (Lipinski definition) is 1. The predicted octanol–water partition coefficient (Wildman–Crippen LogP) is 2.57. The summed E-state index contributed by atoms with van der Waals surface area (Å²) in [5.41, 5.74) is 0. The standard InChI is InChI=1S/C10H21N/c1-2-6-10-7-4-3-5-8-11-9-10/h10-11H,2-9H2,1H3. The van der Waals surface area contributed by atoms with Gasteiger partial charge in [0, 0.05) is 0 Å². The summed E-state index contributed by atoms with van der Waals surface area (Å²) >= 11 is 0. The van der Waals surface area contributed by atoms with Crippen LogP contribution >= 0.6 is 0 Å². The molecule has 0 aromatic heterocycles. The quantitative estimate of drug-likeness (QED) is 0.646. The van der Waals surface area contributed by atoms with Crippen LogP contribution in [0, 0.1) is 5.92 Å². The minimum Gasteiger partial charge on any atom is -0.316 e. The van der Waals surface area contributed by atoms with E-state index in [1.165, 1.54) is 51.6 Å². The fourth-order valence-corrected chi connectivity index (χ4v) is 1.92. The summed E-state index contributed by atoms with van der Waals surface area (Å²) in [6.07, 6.45) is 8.53. The van der Waals surface area contributed by atoms with Crippen molar-refractivity contribution in [3.63, 3.8) is 0 Å². The Bertz CT molecular complexity index is 82.9. The monoisotopic (exact) mass is 155 g/mol. The summed E-state index contributed by atoms with van der Waals surface area (Å²) < 4.78 is 0. The molecule has 0 bridgehead atoms. The van der Waals surface area contributed by atoms with Crippen LogP contribution in [0.5, 0.6) is 0 Å². The molecule has 1 N–H and O–H groups in total. The van der Waals surface area contributed by atoms with Gasteiger partial charge < -0.3 is 5.32 Å². The fourth-order valence-electron chi connectivity index (χ4n) is 1.92. The van der Waals surface area contributed by atoms with Crippen molar-refractivity contribution < 1.29 is 0 Å². The first kappa shape index (κ1) is 9.05. The zero-order valence-corrected chi connectivity index (χ0v) is 7.73. The Balaban J connectivity index is 2.15. The lowest BCUT2D eigenvalue weighted by Gasteiger charge is -2.19. The molecule has 1 fully saturated rings. The average molecular weight is 155 g/mol. The highest BCUT2D eigenvalue weighted by Gasteiger charge is 2.08. The number of nitrogens with one attached hydrogen (secondary N) is 1. The van der Waals surface area contributed by atoms with Gasteiger partial charge in [-0.1, -0.05) is 26.2 Å². The van der Waals surface area contributed by atoms with Crippen molar-refractivity contribution in [3.05, 3.63) is 0 Å². The van der Waals surface area contributed by atoms with Crippen LogP contribution in [-0.4, -0.2) is 13.1 Å². The molecule has 0 aromatic carbocycles. The topological polar surface area (TPSA) is 12.0 Å². The van der Waals surface area contributed by atoms with E-state index in [0.717, 1.165) is 5.92 Å². The summed E-state index contributed by atoms with van der Waals surface area (Å²) in [6, 6.07) is 0. The molecule has 1 rings (SSSR count). The van der Waals surface area contributed by atoms with Crippen LogP contribution in [0.25, 0.3) is 0 Å². The van der Waals surface area contributed by atoms with Crippen LogP contribution in [0.4, 0.5) is 0 Å². The maximum atomic E-state index is 3.52. The summed E-state index contributed by atoms with van der Waals surface area (Å²) in [4.78, 5) is 0. The number of hydrogen-bond acceptors (Lipinski definition) is 1. The van der Waals surface area contributed by atoms with E-state index in [1.807, 2.05) is 0 Å². The van der Waals surface area contributed by atoms with E-state index in [0.29, 0.717) is 0 Å². The lowest BCUT2D eigenvalue weighted by atomic mass is 9.95. The maximum absolute atomic E-state index is 3.52. The molecule has 1 nitrogen and oxygen atoms in total. The van der Waals surface area contributed by atoms with Crippen LogP contribution < -0.4 is 5.32 Å². The van der Waals surface area contributed by atoms with Crippen molar-refractivity contribution in [3.8, 4) is 0 Å². The Morgan fingerprint density at radius 3 is 3.00 bits per heavy atom. The van der Waals surface area contributed by atoms with Crippen LogP contribution in [0.15, 0.2) is 0 Å². The van der Waals surface area contributed by atoms with Gasteiger partial charge >= 0.3 is 0 Å². The van der Waals surface area contributed by atoms with E-state index in [9.17, 15) is 0 Å². The second-order valence-electron chi connectivity index (χ2n) is 3.71. The Kier molecular flexibility index (Phi) is 4.60. The SMILES string of the molecule is CCCC1CCCCCNC1. The van der Waals surface area contributed by atoms with E-state index in [4.69, 9.17) is 0 Å². The van der Waals surface area contributed by atoms with Gasteiger partial charge in [0.1, 0.15) is 0 Å². The van der Waals surface area contributed by atoms with Crippen molar-refractivity contribution >= 4 is 0 Å². The van der Waals surface area contributed by atoms with Gasteiger partial charge in [0.2, 0.25) is 0 Å². The molecule has 0 saturated carbocycles. The third kappa shape index (κ3) is 3.76.